The molecule has 0 aromatic heterocycles. The summed E-state index contributed by atoms with van der Waals surface area (Å²) >= 11 is 6.13. The summed E-state index contributed by atoms with van der Waals surface area (Å²) in [5.74, 6) is -0.0735. The SMILES string of the molecule is Cc1ccccc1COc1ccccc1/C=C1\N=C(c2ccc([N+](=O)[O-])cc2Cl)OC1=O. The number of ether oxygens (including phenoxy) is 2. The first-order chi connectivity index (χ1) is 15.4. The molecule has 8 heteroatoms. The van der Waals surface area contributed by atoms with E-state index in [1.165, 1.54) is 18.2 Å². The molecule has 0 aliphatic carbocycles. The van der Waals surface area contributed by atoms with Crippen LogP contribution in [0.25, 0.3) is 6.08 Å². The maximum atomic E-state index is 12.4. The maximum absolute atomic E-state index is 12.4. The fraction of sp³-hybridized carbons (Fsp3) is 0.0833. The van der Waals surface area contributed by atoms with Crippen LogP contribution in [0.2, 0.25) is 5.02 Å². The van der Waals surface area contributed by atoms with Gasteiger partial charge in [-0.1, -0.05) is 54.1 Å². The van der Waals surface area contributed by atoms with Crippen LogP contribution in [0, 0.1) is 17.0 Å². The molecule has 32 heavy (non-hydrogen) atoms. The minimum Gasteiger partial charge on any atom is -0.488 e. The van der Waals surface area contributed by atoms with Gasteiger partial charge in [-0.3, -0.25) is 10.1 Å². The number of aryl methyl sites for hydroxylation is 1. The van der Waals surface area contributed by atoms with Gasteiger partial charge in [0.1, 0.15) is 12.4 Å². The monoisotopic (exact) mass is 448 g/mol. The molecule has 0 amide bonds. The van der Waals surface area contributed by atoms with E-state index >= 15 is 0 Å². The number of esters is 1. The second-order valence-corrected chi connectivity index (χ2v) is 7.42. The first kappa shape index (κ1) is 21.3. The summed E-state index contributed by atoms with van der Waals surface area (Å²) < 4.78 is 11.2. The molecule has 0 atom stereocenters. The maximum Gasteiger partial charge on any atom is 0.363 e. The normalized spacial score (nSPS) is 14.2. The van der Waals surface area contributed by atoms with Crippen LogP contribution in [0.15, 0.2) is 77.4 Å². The summed E-state index contributed by atoms with van der Waals surface area (Å²) in [6.07, 6.45) is 1.57. The van der Waals surface area contributed by atoms with Crippen molar-refractivity contribution in [2.45, 2.75) is 13.5 Å². The molecule has 7 nitrogen and oxygen atoms in total. The van der Waals surface area contributed by atoms with Gasteiger partial charge in [-0.2, -0.15) is 0 Å². The smallest absolute Gasteiger partial charge is 0.363 e. The number of hydrogen-bond donors (Lipinski definition) is 0. The number of rotatable bonds is 6. The van der Waals surface area contributed by atoms with E-state index in [4.69, 9.17) is 21.1 Å². The van der Waals surface area contributed by atoms with Crippen molar-refractivity contribution in [2.75, 3.05) is 0 Å². The van der Waals surface area contributed by atoms with E-state index in [1.807, 2.05) is 49.4 Å². The fourth-order valence-electron chi connectivity index (χ4n) is 3.12. The number of benzene rings is 3. The number of carbonyl (C=O) groups excluding carboxylic acids is 1. The van der Waals surface area contributed by atoms with E-state index in [0.717, 1.165) is 11.1 Å². The minimum atomic E-state index is -0.650. The third kappa shape index (κ3) is 4.53. The van der Waals surface area contributed by atoms with Crippen molar-refractivity contribution in [3.8, 4) is 5.75 Å². The van der Waals surface area contributed by atoms with Crippen molar-refractivity contribution in [2.24, 2.45) is 4.99 Å². The van der Waals surface area contributed by atoms with Crippen LogP contribution in [0.5, 0.6) is 5.75 Å². The zero-order chi connectivity index (χ0) is 22.7. The van der Waals surface area contributed by atoms with E-state index in [2.05, 4.69) is 4.99 Å². The van der Waals surface area contributed by atoms with Crippen LogP contribution < -0.4 is 4.74 Å². The summed E-state index contributed by atoms with van der Waals surface area (Å²) in [7, 11) is 0. The Balaban J connectivity index is 1.60. The number of cyclic esters (lactones) is 1. The third-order valence-electron chi connectivity index (χ3n) is 4.87. The number of hydrogen-bond acceptors (Lipinski definition) is 6. The van der Waals surface area contributed by atoms with Crippen LogP contribution in [-0.2, 0) is 16.1 Å². The lowest BCUT2D eigenvalue weighted by molar-refractivity contribution is -0.384. The molecular weight excluding hydrogens is 432 g/mol. The number of carbonyl (C=O) groups is 1. The van der Waals surface area contributed by atoms with Gasteiger partial charge in [0, 0.05) is 17.7 Å². The van der Waals surface area contributed by atoms with Gasteiger partial charge in [0.05, 0.1) is 15.5 Å². The summed E-state index contributed by atoms with van der Waals surface area (Å²) in [5.41, 5.74) is 3.03. The molecule has 0 fully saturated rings. The summed E-state index contributed by atoms with van der Waals surface area (Å²) in [5, 5.41) is 11.0. The van der Waals surface area contributed by atoms with Gasteiger partial charge in [-0.15, -0.1) is 0 Å². The van der Waals surface area contributed by atoms with Crippen molar-refractivity contribution in [1.29, 1.82) is 0 Å². The number of aliphatic imine (C=N–C) groups is 1. The number of nitrogens with zero attached hydrogens (tertiary/aromatic N) is 2. The van der Waals surface area contributed by atoms with Crippen LogP contribution in [0.1, 0.15) is 22.3 Å². The lowest BCUT2D eigenvalue weighted by atomic mass is 10.1. The van der Waals surface area contributed by atoms with Gasteiger partial charge in [-0.05, 0) is 36.3 Å². The first-order valence-electron chi connectivity index (χ1n) is 9.65. The van der Waals surface area contributed by atoms with E-state index in [1.54, 1.807) is 12.1 Å². The van der Waals surface area contributed by atoms with E-state index in [0.29, 0.717) is 17.9 Å². The highest BCUT2D eigenvalue weighted by molar-refractivity contribution is 6.34. The zero-order valence-corrected chi connectivity index (χ0v) is 17.7. The minimum absolute atomic E-state index is 0.0144. The Morgan fingerprint density at radius 2 is 1.88 bits per heavy atom. The highest BCUT2D eigenvalue weighted by Gasteiger charge is 2.26. The topological polar surface area (TPSA) is 91.0 Å². The first-order valence-corrected chi connectivity index (χ1v) is 10.0. The molecule has 0 N–H and O–H groups in total. The molecule has 0 unspecified atom stereocenters. The highest BCUT2D eigenvalue weighted by Crippen LogP contribution is 2.29. The van der Waals surface area contributed by atoms with Gasteiger partial charge in [0.2, 0.25) is 5.90 Å². The molecule has 0 radical (unpaired) electrons. The van der Waals surface area contributed by atoms with Crippen molar-refractivity contribution >= 4 is 35.2 Å². The molecule has 0 spiro atoms. The molecule has 1 heterocycles. The standard InChI is InChI=1S/C24H17ClN2O5/c1-15-6-2-3-8-17(15)14-31-22-9-5-4-7-16(22)12-21-24(28)32-23(26-21)19-11-10-18(27(29)30)13-20(19)25/h2-13H,14H2,1H3/b21-12-. The number of nitro groups is 1. The highest BCUT2D eigenvalue weighted by atomic mass is 35.5. The van der Waals surface area contributed by atoms with Crippen molar-refractivity contribution in [3.63, 3.8) is 0 Å². The second-order valence-electron chi connectivity index (χ2n) is 7.01. The van der Waals surface area contributed by atoms with Crippen molar-refractivity contribution in [1.82, 2.24) is 0 Å². The average molecular weight is 449 g/mol. The lowest BCUT2D eigenvalue weighted by Crippen LogP contribution is -2.06. The van der Waals surface area contributed by atoms with Crippen LogP contribution in [0.3, 0.4) is 0 Å². The van der Waals surface area contributed by atoms with Gasteiger partial charge < -0.3 is 9.47 Å². The Morgan fingerprint density at radius 3 is 2.62 bits per heavy atom. The molecule has 1 aliphatic heterocycles. The summed E-state index contributed by atoms with van der Waals surface area (Å²) in [6, 6.07) is 19.1. The summed E-state index contributed by atoms with van der Waals surface area (Å²) in [4.78, 5) is 27.0. The Kier molecular flexibility index (Phi) is 6.00. The van der Waals surface area contributed by atoms with E-state index in [-0.39, 0.29) is 27.9 Å². The number of para-hydroxylation sites is 1. The molecule has 0 saturated carbocycles. The predicted octanol–water partition coefficient (Wildman–Crippen LogP) is 5.48. The molecule has 160 valence electrons. The van der Waals surface area contributed by atoms with Crippen LogP contribution in [-0.4, -0.2) is 16.8 Å². The zero-order valence-electron chi connectivity index (χ0n) is 16.9. The Bertz CT molecular complexity index is 1280. The molecule has 1 aliphatic rings. The molecule has 0 saturated heterocycles. The molecule has 3 aromatic rings. The summed E-state index contributed by atoms with van der Waals surface area (Å²) in [6.45, 7) is 2.39. The second kappa shape index (κ2) is 9.03. The van der Waals surface area contributed by atoms with E-state index in [9.17, 15) is 14.9 Å². The van der Waals surface area contributed by atoms with E-state index < -0.39 is 10.9 Å². The van der Waals surface area contributed by atoms with Crippen LogP contribution >= 0.6 is 11.6 Å². The van der Waals surface area contributed by atoms with Crippen molar-refractivity contribution in [3.05, 3.63) is 110 Å². The Morgan fingerprint density at radius 1 is 1.12 bits per heavy atom. The number of nitro benzene ring substituents is 1. The molecule has 0 bridgehead atoms. The number of halogens is 1. The molecular formula is C24H17ClN2O5. The Hall–Kier alpha value is -3.97. The van der Waals surface area contributed by atoms with Crippen molar-refractivity contribution < 1.29 is 19.2 Å². The fourth-order valence-corrected chi connectivity index (χ4v) is 3.38. The quantitative estimate of drug-likeness (QED) is 0.215. The molecule has 3 aromatic carbocycles. The van der Waals surface area contributed by atoms with Gasteiger partial charge in [-0.25, -0.2) is 9.79 Å². The Labute approximate surface area is 188 Å². The van der Waals surface area contributed by atoms with Crippen LogP contribution in [0.4, 0.5) is 5.69 Å². The van der Waals surface area contributed by atoms with Gasteiger partial charge >= 0.3 is 5.97 Å². The van der Waals surface area contributed by atoms with Gasteiger partial charge in [0.25, 0.3) is 5.69 Å². The van der Waals surface area contributed by atoms with Gasteiger partial charge in [0.15, 0.2) is 5.70 Å². The third-order valence-corrected chi connectivity index (χ3v) is 5.18. The average Bonchev–Trinajstić information content (AvgIpc) is 3.13. The largest absolute Gasteiger partial charge is 0.488 e. The molecule has 4 rings (SSSR count). The predicted molar refractivity (Wildman–Crippen MR) is 121 cm³/mol. The lowest BCUT2D eigenvalue weighted by Gasteiger charge is -2.11. The number of non-ortho nitro benzene ring substituents is 1.